The summed E-state index contributed by atoms with van der Waals surface area (Å²) in [6.07, 6.45) is -0.315. The van der Waals surface area contributed by atoms with Crippen LogP contribution in [-0.4, -0.2) is 84.8 Å². The van der Waals surface area contributed by atoms with Crippen molar-refractivity contribution in [3.63, 3.8) is 0 Å². The van der Waals surface area contributed by atoms with Gasteiger partial charge in [-0.3, -0.25) is 4.98 Å². The Morgan fingerprint density at radius 1 is 1.40 bits per heavy atom. The molecule has 0 aromatic carbocycles. The van der Waals surface area contributed by atoms with Gasteiger partial charge in [0.05, 0.1) is 25.4 Å². The maximum Gasteiger partial charge on any atom is 0.490 e. The lowest BCUT2D eigenvalue weighted by Gasteiger charge is -2.32. The number of carboxylic acid groups (broad SMARTS) is 1. The first kappa shape index (κ1) is 24.5. The van der Waals surface area contributed by atoms with Gasteiger partial charge in [0.15, 0.2) is 0 Å². The van der Waals surface area contributed by atoms with Crippen LogP contribution in [0.3, 0.4) is 0 Å². The van der Waals surface area contributed by atoms with Gasteiger partial charge in [-0.25, -0.2) is 4.79 Å². The molecule has 2 fully saturated rings. The van der Waals surface area contributed by atoms with E-state index < -0.39 is 22.4 Å². The lowest BCUT2D eigenvalue weighted by Crippen LogP contribution is -2.50. The zero-order valence-corrected chi connectivity index (χ0v) is 17.3. The highest BCUT2D eigenvalue weighted by atomic mass is 32.2. The van der Waals surface area contributed by atoms with E-state index >= 15 is 0 Å². The van der Waals surface area contributed by atoms with Gasteiger partial charge in [0.25, 0.3) is 10.2 Å². The second-order valence-corrected chi connectivity index (χ2v) is 8.99. The molecule has 1 aromatic heterocycles. The van der Waals surface area contributed by atoms with Crippen molar-refractivity contribution >= 4 is 16.2 Å². The van der Waals surface area contributed by atoms with E-state index in [2.05, 4.69) is 4.98 Å². The molecule has 1 aliphatic carbocycles. The van der Waals surface area contributed by atoms with Crippen LogP contribution in [0.1, 0.15) is 18.4 Å². The third kappa shape index (κ3) is 6.11. The van der Waals surface area contributed by atoms with Gasteiger partial charge in [0.2, 0.25) is 0 Å². The molecule has 1 saturated heterocycles. The molecule has 3 atom stereocenters. The first-order chi connectivity index (χ1) is 13.9. The van der Waals surface area contributed by atoms with Crippen LogP contribution in [0.5, 0.6) is 0 Å². The molecule has 3 unspecified atom stereocenters. The fourth-order valence-electron chi connectivity index (χ4n) is 3.25. The van der Waals surface area contributed by atoms with Crippen molar-refractivity contribution in [1.29, 1.82) is 0 Å². The number of carbonyl (C=O) groups is 1. The number of rotatable bonds is 5. The standard InChI is InChI=1S/C15H23N3O4S.C2HF3O2/c1-17(2)23(19,20)18-8-9-21-14-6-5-13(18)15(14)22-11-12-4-3-7-16-10-12;3-2(4,5)1(6)7/h3-4,7,10,13-15H,5-6,8-9,11H2,1-2H3;(H,6,7). The van der Waals surface area contributed by atoms with Crippen LogP contribution >= 0.6 is 0 Å². The Morgan fingerprint density at radius 3 is 2.60 bits per heavy atom. The summed E-state index contributed by atoms with van der Waals surface area (Å²) in [6.45, 7) is 1.18. The minimum atomic E-state index is -5.08. The molecule has 13 heteroatoms. The van der Waals surface area contributed by atoms with Crippen LogP contribution in [-0.2, 0) is 31.1 Å². The molecule has 1 N–H and O–H groups in total. The van der Waals surface area contributed by atoms with E-state index in [4.69, 9.17) is 19.4 Å². The number of fused-ring (bicyclic) bond motifs is 2. The van der Waals surface area contributed by atoms with Crippen molar-refractivity contribution in [2.24, 2.45) is 0 Å². The molecule has 0 amide bonds. The number of aliphatic carboxylic acids is 1. The zero-order valence-electron chi connectivity index (χ0n) is 16.4. The molecule has 2 bridgehead atoms. The van der Waals surface area contributed by atoms with Gasteiger partial charge in [-0.05, 0) is 24.5 Å². The molecule has 9 nitrogen and oxygen atoms in total. The first-order valence-corrected chi connectivity index (χ1v) is 10.5. The van der Waals surface area contributed by atoms with Crippen LogP contribution < -0.4 is 0 Å². The summed E-state index contributed by atoms with van der Waals surface area (Å²) in [6, 6.07) is 3.63. The predicted octanol–water partition coefficient (Wildman–Crippen LogP) is 1.27. The van der Waals surface area contributed by atoms with Crippen molar-refractivity contribution in [2.75, 3.05) is 27.2 Å². The van der Waals surface area contributed by atoms with Gasteiger partial charge in [0.1, 0.15) is 6.10 Å². The normalized spacial score (nSPS) is 24.8. The molecule has 0 spiro atoms. The molecular weight excluding hydrogens is 431 g/mol. The quantitative estimate of drug-likeness (QED) is 0.712. The number of aromatic nitrogens is 1. The Bertz CT molecular complexity index is 807. The Morgan fingerprint density at radius 2 is 2.07 bits per heavy atom. The molecule has 2 heterocycles. The second-order valence-electron chi connectivity index (χ2n) is 6.89. The summed E-state index contributed by atoms with van der Waals surface area (Å²) >= 11 is 0. The number of ether oxygens (including phenoxy) is 2. The van der Waals surface area contributed by atoms with E-state index in [0.29, 0.717) is 19.8 Å². The van der Waals surface area contributed by atoms with E-state index in [1.54, 1.807) is 26.5 Å². The second kappa shape index (κ2) is 10.0. The maximum absolute atomic E-state index is 12.6. The molecule has 2 aliphatic rings. The summed E-state index contributed by atoms with van der Waals surface area (Å²) in [5, 5.41) is 7.12. The van der Waals surface area contributed by atoms with Crippen molar-refractivity contribution < 1.29 is 41.0 Å². The average Bonchev–Trinajstić information content (AvgIpc) is 2.94. The SMILES string of the molecule is CN(C)S(=O)(=O)N1CCOC2CCC1C2OCc1cccnc1.O=C(O)C(F)(F)F. The van der Waals surface area contributed by atoms with E-state index in [1.165, 1.54) is 8.61 Å². The smallest absolute Gasteiger partial charge is 0.475 e. The molecule has 1 saturated carbocycles. The zero-order chi connectivity index (χ0) is 22.5. The summed E-state index contributed by atoms with van der Waals surface area (Å²) in [4.78, 5) is 13.0. The fourth-order valence-corrected chi connectivity index (χ4v) is 4.54. The number of alkyl halides is 3. The summed E-state index contributed by atoms with van der Waals surface area (Å²) < 4.78 is 71.6. The highest BCUT2D eigenvalue weighted by Gasteiger charge is 2.47. The van der Waals surface area contributed by atoms with Crippen LogP contribution in [0.25, 0.3) is 0 Å². The minimum absolute atomic E-state index is 0.0426. The van der Waals surface area contributed by atoms with Crippen LogP contribution in [0.15, 0.2) is 24.5 Å². The Hall–Kier alpha value is -1.80. The van der Waals surface area contributed by atoms with Crippen molar-refractivity contribution in [3.8, 4) is 0 Å². The van der Waals surface area contributed by atoms with Gasteiger partial charge < -0.3 is 14.6 Å². The molecular formula is C17H24F3N3O6S. The van der Waals surface area contributed by atoms with Gasteiger partial charge in [-0.1, -0.05) is 6.07 Å². The lowest BCUT2D eigenvalue weighted by atomic mass is 10.2. The van der Waals surface area contributed by atoms with Crippen LogP contribution in [0.4, 0.5) is 13.2 Å². The van der Waals surface area contributed by atoms with Gasteiger partial charge >= 0.3 is 12.1 Å². The number of hydrogen-bond acceptors (Lipinski definition) is 6. The molecule has 1 aliphatic heterocycles. The number of pyridine rings is 1. The highest BCUT2D eigenvalue weighted by Crippen LogP contribution is 2.34. The molecule has 3 rings (SSSR count). The van der Waals surface area contributed by atoms with Crippen molar-refractivity contribution in [1.82, 2.24) is 13.6 Å². The van der Waals surface area contributed by atoms with Crippen molar-refractivity contribution in [2.45, 2.75) is 43.9 Å². The third-order valence-corrected chi connectivity index (χ3v) is 6.64. The van der Waals surface area contributed by atoms with Crippen LogP contribution in [0.2, 0.25) is 0 Å². The Balaban J connectivity index is 0.000000396. The first-order valence-electron chi connectivity index (χ1n) is 9.06. The minimum Gasteiger partial charge on any atom is -0.475 e. The topological polar surface area (TPSA) is 109 Å². The molecule has 0 radical (unpaired) electrons. The number of carboxylic acids is 1. The van der Waals surface area contributed by atoms with E-state index in [1.807, 2.05) is 12.1 Å². The monoisotopic (exact) mass is 455 g/mol. The van der Waals surface area contributed by atoms with Gasteiger partial charge in [-0.2, -0.15) is 30.2 Å². The molecule has 1 aromatic rings. The van der Waals surface area contributed by atoms with Gasteiger partial charge in [0, 0.05) is 33.0 Å². The lowest BCUT2D eigenvalue weighted by molar-refractivity contribution is -0.192. The van der Waals surface area contributed by atoms with E-state index in [-0.39, 0.29) is 18.2 Å². The fraction of sp³-hybridized carbons (Fsp3) is 0.647. The number of halogens is 3. The maximum atomic E-state index is 12.6. The largest absolute Gasteiger partial charge is 0.490 e. The summed E-state index contributed by atoms with van der Waals surface area (Å²) in [5.41, 5.74) is 0.971. The van der Waals surface area contributed by atoms with E-state index in [9.17, 15) is 21.6 Å². The number of nitrogens with zero attached hydrogens (tertiary/aromatic N) is 3. The Labute approximate surface area is 172 Å². The predicted molar refractivity (Wildman–Crippen MR) is 98.6 cm³/mol. The molecule has 30 heavy (non-hydrogen) atoms. The summed E-state index contributed by atoms with van der Waals surface area (Å²) in [7, 11) is -0.370. The highest BCUT2D eigenvalue weighted by molar-refractivity contribution is 7.86. The third-order valence-electron chi connectivity index (χ3n) is 4.67. The van der Waals surface area contributed by atoms with Gasteiger partial charge in [-0.15, -0.1) is 0 Å². The summed E-state index contributed by atoms with van der Waals surface area (Å²) in [5.74, 6) is -2.76. The van der Waals surface area contributed by atoms with Crippen molar-refractivity contribution in [3.05, 3.63) is 30.1 Å². The Kier molecular flexibility index (Phi) is 8.16. The molecule has 170 valence electrons. The van der Waals surface area contributed by atoms with E-state index in [0.717, 1.165) is 18.4 Å². The average molecular weight is 455 g/mol. The number of hydrogen-bond donors (Lipinski definition) is 1. The van der Waals surface area contributed by atoms with Crippen LogP contribution in [0, 0.1) is 0 Å².